The molecular weight excluding hydrogens is 278 g/mol. The van der Waals surface area contributed by atoms with Gasteiger partial charge in [-0.15, -0.1) is 0 Å². The van der Waals surface area contributed by atoms with E-state index in [1.807, 2.05) is 25.3 Å². The molecule has 1 aliphatic rings. The van der Waals surface area contributed by atoms with Crippen LogP contribution >= 0.6 is 0 Å². The number of benzene rings is 1. The van der Waals surface area contributed by atoms with Crippen LogP contribution < -0.4 is 4.90 Å². The third kappa shape index (κ3) is 2.84. The first-order valence-corrected chi connectivity index (χ1v) is 7.78. The highest BCUT2D eigenvalue weighted by Crippen LogP contribution is 2.24. The quantitative estimate of drug-likeness (QED) is 0.945. The minimum atomic E-state index is -0.815. The number of piperidine rings is 1. The minimum Gasteiger partial charge on any atom is -0.465 e. The van der Waals surface area contributed by atoms with E-state index in [0.717, 1.165) is 37.1 Å². The van der Waals surface area contributed by atoms with Crippen molar-refractivity contribution in [2.75, 3.05) is 24.5 Å². The normalized spacial score (nSPS) is 16.0. The molecule has 1 fully saturated rings. The van der Waals surface area contributed by atoms with E-state index in [1.165, 1.54) is 5.39 Å². The van der Waals surface area contributed by atoms with Gasteiger partial charge < -0.3 is 14.9 Å². The molecule has 0 bridgehead atoms. The van der Waals surface area contributed by atoms with E-state index in [1.54, 1.807) is 4.90 Å². The van der Waals surface area contributed by atoms with Gasteiger partial charge in [-0.05, 0) is 31.2 Å². The lowest BCUT2D eigenvalue weighted by Gasteiger charge is -2.37. The molecule has 0 radical (unpaired) electrons. The van der Waals surface area contributed by atoms with Crippen molar-refractivity contribution in [1.29, 1.82) is 0 Å². The van der Waals surface area contributed by atoms with Crippen molar-refractivity contribution >= 4 is 22.7 Å². The Bertz CT molecular complexity index is 666. The molecule has 2 heterocycles. The molecule has 1 aromatic heterocycles. The average Bonchev–Trinajstić information content (AvgIpc) is 2.55. The summed E-state index contributed by atoms with van der Waals surface area (Å²) >= 11 is 0. The van der Waals surface area contributed by atoms with Crippen LogP contribution in [0, 0.1) is 0 Å². The molecule has 1 N–H and O–H groups in total. The fourth-order valence-electron chi connectivity index (χ4n) is 3.20. The molecule has 22 heavy (non-hydrogen) atoms. The van der Waals surface area contributed by atoms with E-state index < -0.39 is 6.09 Å². The molecule has 1 amide bonds. The maximum atomic E-state index is 11.2. The summed E-state index contributed by atoms with van der Waals surface area (Å²) in [6, 6.07) is 10.4. The zero-order valence-electron chi connectivity index (χ0n) is 12.8. The molecular formula is C17H21N3O2. The highest BCUT2D eigenvalue weighted by molar-refractivity contribution is 5.83. The maximum Gasteiger partial charge on any atom is 0.407 e. The van der Waals surface area contributed by atoms with Gasteiger partial charge in [0.15, 0.2) is 0 Å². The Morgan fingerprint density at radius 1 is 1.32 bits per heavy atom. The fourth-order valence-corrected chi connectivity index (χ4v) is 3.20. The van der Waals surface area contributed by atoms with Crippen LogP contribution in [0.3, 0.4) is 0 Å². The van der Waals surface area contributed by atoms with Crippen molar-refractivity contribution < 1.29 is 9.90 Å². The van der Waals surface area contributed by atoms with Crippen molar-refractivity contribution in [1.82, 2.24) is 9.88 Å². The van der Waals surface area contributed by atoms with Gasteiger partial charge in [0.1, 0.15) is 5.82 Å². The van der Waals surface area contributed by atoms with Crippen LogP contribution in [0.4, 0.5) is 10.6 Å². The van der Waals surface area contributed by atoms with Gasteiger partial charge in [0.05, 0.1) is 0 Å². The van der Waals surface area contributed by atoms with Crippen LogP contribution in [0.25, 0.3) is 10.8 Å². The molecule has 1 aliphatic heterocycles. The second-order valence-electron chi connectivity index (χ2n) is 5.68. The summed E-state index contributed by atoms with van der Waals surface area (Å²) in [5.74, 6) is 0.982. The van der Waals surface area contributed by atoms with E-state index >= 15 is 0 Å². The van der Waals surface area contributed by atoms with Gasteiger partial charge in [0.25, 0.3) is 0 Å². The minimum absolute atomic E-state index is 0.124. The van der Waals surface area contributed by atoms with Gasteiger partial charge in [-0.1, -0.05) is 24.3 Å². The molecule has 0 atom stereocenters. The lowest BCUT2D eigenvalue weighted by Crippen LogP contribution is -2.47. The first-order chi connectivity index (χ1) is 10.7. The number of hydrogen-bond donors (Lipinski definition) is 1. The summed E-state index contributed by atoms with van der Waals surface area (Å²) in [7, 11) is 0. The average molecular weight is 299 g/mol. The topological polar surface area (TPSA) is 56.7 Å². The Morgan fingerprint density at radius 3 is 2.64 bits per heavy atom. The van der Waals surface area contributed by atoms with Crippen LogP contribution in [0.5, 0.6) is 0 Å². The number of nitrogens with zero attached hydrogens (tertiary/aromatic N) is 3. The van der Waals surface area contributed by atoms with Crippen molar-refractivity contribution in [2.24, 2.45) is 0 Å². The largest absolute Gasteiger partial charge is 0.465 e. The highest BCUT2D eigenvalue weighted by Gasteiger charge is 2.27. The van der Waals surface area contributed by atoms with E-state index in [9.17, 15) is 9.90 Å². The standard InChI is InChI=1S/C17H21N3O2/c1-2-20(17(21)22)15-7-9-19(10-8-15)16-11-13-5-3-4-6-14(13)12-18-16/h3-6,11-12,15H,2,7-10H2,1H3,(H,21,22). The number of carbonyl (C=O) groups is 1. The second kappa shape index (κ2) is 6.22. The molecule has 1 aromatic carbocycles. The molecule has 0 unspecified atom stereocenters. The number of pyridine rings is 1. The van der Waals surface area contributed by atoms with Gasteiger partial charge in [0, 0.05) is 37.3 Å². The number of amides is 1. The molecule has 1 saturated heterocycles. The lowest BCUT2D eigenvalue weighted by atomic mass is 10.0. The van der Waals surface area contributed by atoms with Crippen LogP contribution in [0.1, 0.15) is 19.8 Å². The second-order valence-corrected chi connectivity index (χ2v) is 5.68. The third-order valence-electron chi connectivity index (χ3n) is 4.43. The third-order valence-corrected chi connectivity index (χ3v) is 4.43. The number of anilines is 1. The van der Waals surface area contributed by atoms with E-state index in [-0.39, 0.29) is 6.04 Å². The molecule has 3 rings (SSSR count). The first kappa shape index (κ1) is 14.6. The Balaban J connectivity index is 1.71. The first-order valence-electron chi connectivity index (χ1n) is 7.78. The molecule has 5 heteroatoms. The molecule has 0 spiro atoms. The Morgan fingerprint density at radius 2 is 2.00 bits per heavy atom. The monoisotopic (exact) mass is 299 g/mol. The number of aromatic nitrogens is 1. The summed E-state index contributed by atoms with van der Waals surface area (Å²) in [6.45, 7) is 4.14. The lowest BCUT2D eigenvalue weighted by molar-refractivity contribution is 0.119. The fraction of sp³-hybridized carbons (Fsp3) is 0.412. The predicted octanol–water partition coefficient (Wildman–Crippen LogP) is 3.20. The van der Waals surface area contributed by atoms with Crippen LogP contribution in [0.2, 0.25) is 0 Å². The van der Waals surface area contributed by atoms with Crippen LogP contribution in [-0.4, -0.2) is 46.8 Å². The molecule has 0 aliphatic carbocycles. The number of carboxylic acid groups (broad SMARTS) is 1. The van der Waals surface area contributed by atoms with Crippen LogP contribution in [0.15, 0.2) is 36.5 Å². The van der Waals surface area contributed by atoms with Gasteiger partial charge in [-0.3, -0.25) is 0 Å². The van der Waals surface area contributed by atoms with E-state index in [0.29, 0.717) is 6.54 Å². The number of hydrogen-bond acceptors (Lipinski definition) is 3. The van der Waals surface area contributed by atoms with Crippen molar-refractivity contribution in [3.05, 3.63) is 36.5 Å². The van der Waals surface area contributed by atoms with Crippen molar-refractivity contribution in [2.45, 2.75) is 25.8 Å². The summed E-state index contributed by atoms with van der Waals surface area (Å²) < 4.78 is 0. The number of fused-ring (bicyclic) bond motifs is 1. The summed E-state index contributed by atoms with van der Waals surface area (Å²) in [6.07, 6.45) is 2.81. The summed E-state index contributed by atoms with van der Waals surface area (Å²) in [5, 5.41) is 11.6. The Hall–Kier alpha value is -2.30. The van der Waals surface area contributed by atoms with Gasteiger partial charge in [0.2, 0.25) is 0 Å². The van der Waals surface area contributed by atoms with Crippen molar-refractivity contribution in [3.8, 4) is 0 Å². The Kier molecular flexibility index (Phi) is 4.13. The molecule has 2 aromatic rings. The maximum absolute atomic E-state index is 11.2. The predicted molar refractivity (Wildman–Crippen MR) is 87.4 cm³/mol. The van der Waals surface area contributed by atoms with E-state index in [4.69, 9.17) is 0 Å². The number of rotatable bonds is 3. The highest BCUT2D eigenvalue weighted by atomic mass is 16.4. The van der Waals surface area contributed by atoms with Crippen LogP contribution in [-0.2, 0) is 0 Å². The van der Waals surface area contributed by atoms with Gasteiger partial charge in [-0.2, -0.15) is 0 Å². The molecule has 0 saturated carbocycles. The van der Waals surface area contributed by atoms with Gasteiger partial charge in [-0.25, -0.2) is 9.78 Å². The summed E-state index contributed by atoms with van der Waals surface area (Å²) in [4.78, 5) is 19.6. The zero-order chi connectivity index (χ0) is 15.5. The zero-order valence-corrected chi connectivity index (χ0v) is 12.8. The van der Waals surface area contributed by atoms with Crippen molar-refractivity contribution in [3.63, 3.8) is 0 Å². The Labute approximate surface area is 130 Å². The van der Waals surface area contributed by atoms with E-state index in [2.05, 4.69) is 28.1 Å². The molecule has 116 valence electrons. The molecule has 5 nitrogen and oxygen atoms in total. The summed E-state index contributed by atoms with van der Waals surface area (Å²) in [5.41, 5.74) is 0. The SMILES string of the molecule is CCN(C(=O)O)C1CCN(c2cc3ccccc3cn2)CC1. The smallest absolute Gasteiger partial charge is 0.407 e. The van der Waals surface area contributed by atoms with Gasteiger partial charge >= 0.3 is 6.09 Å².